The van der Waals surface area contributed by atoms with Crippen molar-refractivity contribution in [3.8, 4) is 0 Å². The largest absolute Gasteiger partial charge is 0.477 e. The van der Waals surface area contributed by atoms with Crippen LogP contribution in [0.3, 0.4) is 0 Å². The minimum absolute atomic E-state index is 0.0421. The average Bonchev–Trinajstić information content (AvgIpc) is 2.98. The zero-order valence-electron chi connectivity index (χ0n) is 10.9. The molecule has 2 amide bonds. The van der Waals surface area contributed by atoms with Crippen molar-refractivity contribution in [2.45, 2.75) is 19.9 Å². The number of anilines is 1. The van der Waals surface area contributed by atoms with Crippen molar-refractivity contribution in [3.05, 3.63) is 34.0 Å². The summed E-state index contributed by atoms with van der Waals surface area (Å²) in [5.41, 5.74) is 0.851. The molecule has 0 aliphatic carbocycles. The van der Waals surface area contributed by atoms with Crippen molar-refractivity contribution in [2.75, 3.05) is 5.32 Å². The van der Waals surface area contributed by atoms with Gasteiger partial charge in [0, 0.05) is 17.3 Å². The monoisotopic (exact) mass is 294 g/mol. The van der Waals surface area contributed by atoms with Gasteiger partial charge in [-0.25, -0.2) is 14.6 Å². The van der Waals surface area contributed by atoms with E-state index in [4.69, 9.17) is 5.11 Å². The van der Waals surface area contributed by atoms with E-state index in [0.717, 1.165) is 5.01 Å². The summed E-state index contributed by atoms with van der Waals surface area (Å²) >= 11 is 1.44. The van der Waals surface area contributed by atoms with Crippen LogP contribution in [0.15, 0.2) is 17.6 Å². The number of carbonyl (C=O) groups is 2. The van der Waals surface area contributed by atoms with Crippen molar-refractivity contribution in [3.63, 3.8) is 0 Å². The van der Waals surface area contributed by atoms with Crippen LogP contribution in [0.1, 0.15) is 34.2 Å². The number of aromatic carboxylic acids is 1. The topological polar surface area (TPSA) is 107 Å². The van der Waals surface area contributed by atoms with Gasteiger partial charge in [0.1, 0.15) is 10.7 Å². The van der Waals surface area contributed by atoms with Crippen LogP contribution in [0.2, 0.25) is 0 Å². The minimum atomic E-state index is -1.12. The van der Waals surface area contributed by atoms with Crippen LogP contribution < -0.4 is 10.6 Å². The Labute approximate surface area is 119 Å². The summed E-state index contributed by atoms with van der Waals surface area (Å²) in [5, 5.41) is 16.8. The molecule has 0 saturated carbocycles. The SMILES string of the molecule is Cc1cc(NC(=O)NC(C)c2nccs2)c(C(=O)O)[nH]1. The van der Waals surface area contributed by atoms with Crippen LogP contribution in [-0.2, 0) is 0 Å². The molecule has 0 radical (unpaired) electrons. The number of H-pyrrole nitrogens is 1. The molecule has 0 saturated heterocycles. The summed E-state index contributed by atoms with van der Waals surface area (Å²) in [7, 11) is 0. The number of aryl methyl sites for hydroxylation is 1. The normalized spacial score (nSPS) is 11.9. The van der Waals surface area contributed by atoms with E-state index in [1.165, 1.54) is 11.3 Å². The third-order valence-electron chi connectivity index (χ3n) is 2.58. The lowest BCUT2D eigenvalue weighted by Crippen LogP contribution is -2.31. The van der Waals surface area contributed by atoms with Crippen molar-refractivity contribution in [1.82, 2.24) is 15.3 Å². The van der Waals surface area contributed by atoms with Crippen LogP contribution in [0, 0.1) is 6.92 Å². The predicted molar refractivity (Wildman–Crippen MR) is 75.2 cm³/mol. The highest BCUT2D eigenvalue weighted by Crippen LogP contribution is 2.18. The summed E-state index contributed by atoms with van der Waals surface area (Å²) in [6.07, 6.45) is 1.66. The Morgan fingerprint density at radius 2 is 2.25 bits per heavy atom. The Morgan fingerprint density at radius 1 is 1.50 bits per heavy atom. The molecule has 7 nitrogen and oxygen atoms in total. The van der Waals surface area contributed by atoms with Crippen LogP contribution in [0.5, 0.6) is 0 Å². The Balaban J connectivity index is 2.03. The second-order valence-corrected chi connectivity index (χ2v) is 5.16. The van der Waals surface area contributed by atoms with E-state index in [9.17, 15) is 9.59 Å². The van der Waals surface area contributed by atoms with Gasteiger partial charge in [0.05, 0.1) is 11.7 Å². The van der Waals surface area contributed by atoms with Gasteiger partial charge < -0.3 is 20.7 Å². The molecule has 0 aromatic carbocycles. The van der Waals surface area contributed by atoms with Crippen LogP contribution in [0.4, 0.5) is 10.5 Å². The molecule has 1 atom stereocenters. The molecular formula is C12H14N4O3S. The second kappa shape index (κ2) is 5.74. The Morgan fingerprint density at radius 3 is 2.85 bits per heavy atom. The summed E-state index contributed by atoms with van der Waals surface area (Å²) in [4.78, 5) is 29.6. The molecule has 0 aliphatic rings. The highest BCUT2D eigenvalue weighted by molar-refractivity contribution is 7.09. The minimum Gasteiger partial charge on any atom is -0.477 e. The molecule has 4 N–H and O–H groups in total. The maximum absolute atomic E-state index is 11.8. The number of carboxylic acid groups (broad SMARTS) is 1. The molecule has 20 heavy (non-hydrogen) atoms. The number of carbonyl (C=O) groups excluding carboxylic acids is 1. The van der Waals surface area contributed by atoms with Crippen LogP contribution in [0.25, 0.3) is 0 Å². The zero-order valence-corrected chi connectivity index (χ0v) is 11.7. The highest BCUT2D eigenvalue weighted by atomic mass is 32.1. The Kier molecular flexibility index (Phi) is 4.04. The fraction of sp³-hybridized carbons (Fsp3) is 0.250. The quantitative estimate of drug-likeness (QED) is 0.694. The van der Waals surface area contributed by atoms with E-state index in [0.29, 0.717) is 5.69 Å². The first-order chi connectivity index (χ1) is 9.47. The Bertz CT molecular complexity index is 621. The number of amides is 2. The van der Waals surface area contributed by atoms with Crippen molar-refractivity contribution in [1.29, 1.82) is 0 Å². The van der Waals surface area contributed by atoms with Gasteiger partial charge in [-0.05, 0) is 19.9 Å². The number of urea groups is 1. The molecule has 8 heteroatoms. The number of aromatic nitrogens is 2. The smallest absolute Gasteiger partial charge is 0.354 e. The number of thiazole rings is 1. The molecule has 2 aromatic heterocycles. The van der Waals surface area contributed by atoms with Crippen LogP contribution in [-0.4, -0.2) is 27.1 Å². The molecule has 0 bridgehead atoms. The van der Waals surface area contributed by atoms with Gasteiger partial charge in [-0.3, -0.25) is 0 Å². The fourth-order valence-corrected chi connectivity index (χ4v) is 2.37. The summed E-state index contributed by atoms with van der Waals surface area (Å²) in [6.45, 7) is 3.52. The molecule has 1 unspecified atom stereocenters. The molecular weight excluding hydrogens is 280 g/mol. The first-order valence-corrected chi connectivity index (χ1v) is 6.75. The average molecular weight is 294 g/mol. The van der Waals surface area contributed by atoms with Crippen molar-refractivity contribution < 1.29 is 14.7 Å². The van der Waals surface area contributed by atoms with Gasteiger partial charge in [-0.15, -0.1) is 11.3 Å². The van der Waals surface area contributed by atoms with E-state index >= 15 is 0 Å². The van der Waals surface area contributed by atoms with Gasteiger partial charge in [-0.1, -0.05) is 0 Å². The first-order valence-electron chi connectivity index (χ1n) is 5.87. The highest BCUT2D eigenvalue weighted by Gasteiger charge is 2.17. The third kappa shape index (κ3) is 3.15. The van der Waals surface area contributed by atoms with Gasteiger partial charge in [0.25, 0.3) is 0 Å². The lowest BCUT2D eigenvalue weighted by atomic mass is 10.3. The number of hydrogen-bond donors (Lipinski definition) is 4. The molecule has 0 fully saturated rings. The second-order valence-electron chi connectivity index (χ2n) is 4.24. The number of aromatic amines is 1. The van der Waals surface area contributed by atoms with Gasteiger partial charge >= 0.3 is 12.0 Å². The summed E-state index contributed by atoms with van der Waals surface area (Å²) in [6, 6.07) is 0.842. The number of nitrogens with one attached hydrogen (secondary N) is 3. The lowest BCUT2D eigenvalue weighted by Gasteiger charge is -2.12. The summed E-state index contributed by atoms with van der Waals surface area (Å²) in [5.74, 6) is -1.12. The molecule has 2 aromatic rings. The molecule has 0 spiro atoms. The molecule has 2 heterocycles. The standard InChI is InChI=1S/C12H14N4O3S/c1-6-5-8(9(14-6)11(17)18)16-12(19)15-7(2)10-13-3-4-20-10/h3-5,7,14H,1-2H3,(H,17,18)(H2,15,16,19). The predicted octanol–water partition coefficient (Wildman–Crippen LogP) is 2.36. The van der Waals surface area contributed by atoms with E-state index in [2.05, 4.69) is 20.6 Å². The van der Waals surface area contributed by atoms with Gasteiger partial charge in [0.15, 0.2) is 0 Å². The number of hydrogen-bond acceptors (Lipinski definition) is 4. The zero-order chi connectivity index (χ0) is 14.7. The Hall–Kier alpha value is -2.35. The molecule has 106 valence electrons. The maximum atomic E-state index is 11.8. The van der Waals surface area contributed by atoms with Crippen molar-refractivity contribution in [2.24, 2.45) is 0 Å². The lowest BCUT2D eigenvalue weighted by molar-refractivity contribution is 0.0692. The third-order valence-corrected chi connectivity index (χ3v) is 3.54. The first kappa shape index (κ1) is 14.1. The van der Waals surface area contributed by atoms with E-state index < -0.39 is 12.0 Å². The van der Waals surface area contributed by atoms with Gasteiger partial charge in [0.2, 0.25) is 0 Å². The maximum Gasteiger partial charge on any atom is 0.354 e. The summed E-state index contributed by atoms with van der Waals surface area (Å²) < 4.78 is 0. The van der Waals surface area contributed by atoms with E-state index in [1.54, 1.807) is 26.1 Å². The van der Waals surface area contributed by atoms with Crippen molar-refractivity contribution >= 4 is 29.0 Å². The fourth-order valence-electron chi connectivity index (χ4n) is 1.72. The number of nitrogens with zero attached hydrogens (tertiary/aromatic N) is 1. The number of carboxylic acids is 1. The number of rotatable bonds is 4. The van der Waals surface area contributed by atoms with E-state index in [1.807, 2.05) is 5.38 Å². The molecule has 2 rings (SSSR count). The molecule has 0 aliphatic heterocycles. The van der Waals surface area contributed by atoms with Gasteiger partial charge in [-0.2, -0.15) is 0 Å². The van der Waals surface area contributed by atoms with Crippen LogP contribution >= 0.6 is 11.3 Å². The van der Waals surface area contributed by atoms with E-state index in [-0.39, 0.29) is 17.4 Å².